The Hall–Kier alpha value is -1.36. The molecule has 2 unspecified atom stereocenters. The zero-order valence-corrected chi connectivity index (χ0v) is 8.17. The highest BCUT2D eigenvalue weighted by Crippen LogP contribution is 2.51. The minimum absolute atomic E-state index is 0.122. The number of nitrogens with zero attached hydrogens (tertiary/aromatic N) is 2. The third kappa shape index (κ3) is 1.43. The molecule has 1 aliphatic heterocycles. The zero-order valence-electron chi connectivity index (χ0n) is 8.17. The lowest BCUT2D eigenvalue weighted by atomic mass is 10.3. The second-order valence-corrected chi connectivity index (χ2v) is 4.29. The number of carbonyl (C=O) groups is 1. The van der Waals surface area contributed by atoms with E-state index in [0.717, 1.165) is 19.8 Å². The van der Waals surface area contributed by atoms with Crippen LogP contribution < -0.4 is 0 Å². The lowest BCUT2D eigenvalue weighted by Crippen LogP contribution is -2.05. The van der Waals surface area contributed by atoms with Crippen LogP contribution in [0.3, 0.4) is 0 Å². The SMILES string of the molecule is O=C(O)c1cn(CC2C3COCC32)cn1. The molecule has 2 heterocycles. The molecule has 1 aromatic heterocycles. The number of aromatic carboxylic acids is 1. The van der Waals surface area contributed by atoms with Gasteiger partial charge in [-0.3, -0.25) is 0 Å². The quantitative estimate of drug-likeness (QED) is 0.784. The first kappa shape index (κ1) is 8.91. The van der Waals surface area contributed by atoms with E-state index < -0.39 is 5.97 Å². The van der Waals surface area contributed by atoms with Crippen LogP contribution in [0, 0.1) is 17.8 Å². The highest BCUT2D eigenvalue weighted by molar-refractivity contribution is 5.84. The molecule has 5 heteroatoms. The number of aromatic nitrogens is 2. The molecule has 0 aromatic carbocycles. The van der Waals surface area contributed by atoms with Crippen LogP contribution in [0.5, 0.6) is 0 Å². The van der Waals surface area contributed by atoms with Crippen LogP contribution in [0.4, 0.5) is 0 Å². The van der Waals surface area contributed by atoms with Crippen LogP contribution in [0.25, 0.3) is 0 Å². The van der Waals surface area contributed by atoms with Crippen molar-refractivity contribution in [2.75, 3.05) is 13.2 Å². The Morgan fingerprint density at radius 3 is 2.93 bits per heavy atom. The van der Waals surface area contributed by atoms with E-state index >= 15 is 0 Å². The molecule has 0 amide bonds. The van der Waals surface area contributed by atoms with Crippen molar-refractivity contribution in [1.82, 2.24) is 9.55 Å². The predicted molar refractivity (Wildman–Crippen MR) is 50.5 cm³/mol. The molecule has 1 saturated heterocycles. The Kier molecular flexibility index (Phi) is 1.82. The fourth-order valence-corrected chi connectivity index (χ4v) is 2.44. The summed E-state index contributed by atoms with van der Waals surface area (Å²) in [7, 11) is 0. The average molecular weight is 208 g/mol. The molecule has 15 heavy (non-hydrogen) atoms. The zero-order chi connectivity index (χ0) is 10.4. The number of ether oxygens (including phenoxy) is 1. The number of fused-ring (bicyclic) bond motifs is 1. The Balaban J connectivity index is 1.65. The van der Waals surface area contributed by atoms with Crippen LogP contribution >= 0.6 is 0 Å². The predicted octanol–water partition coefficient (Wildman–Crippen LogP) is 0.474. The number of carboxylic acid groups (broad SMARTS) is 1. The maximum absolute atomic E-state index is 10.6. The summed E-state index contributed by atoms with van der Waals surface area (Å²) in [6.45, 7) is 2.62. The molecule has 0 bridgehead atoms. The van der Waals surface area contributed by atoms with E-state index in [1.807, 2.05) is 4.57 Å². The van der Waals surface area contributed by atoms with Gasteiger partial charge in [-0.25, -0.2) is 9.78 Å². The molecular weight excluding hydrogens is 196 g/mol. The first-order valence-corrected chi connectivity index (χ1v) is 5.08. The van der Waals surface area contributed by atoms with Crippen molar-refractivity contribution in [2.45, 2.75) is 6.54 Å². The van der Waals surface area contributed by atoms with Gasteiger partial charge in [0.05, 0.1) is 19.5 Å². The molecule has 80 valence electrons. The van der Waals surface area contributed by atoms with Gasteiger partial charge in [0.2, 0.25) is 0 Å². The van der Waals surface area contributed by atoms with Gasteiger partial charge in [-0.15, -0.1) is 0 Å². The van der Waals surface area contributed by atoms with Crippen molar-refractivity contribution >= 4 is 5.97 Å². The van der Waals surface area contributed by atoms with Gasteiger partial charge >= 0.3 is 5.97 Å². The standard InChI is InChI=1S/C10H12N2O3/c13-10(14)9-2-12(5-11-9)1-6-7-3-15-4-8(6)7/h2,5-8H,1,3-4H2,(H,13,14). The van der Waals surface area contributed by atoms with Gasteiger partial charge in [0.1, 0.15) is 0 Å². The van der Waals surface area contributed by atoms with E-state index in [9.17, 15) is 4.79 Å². The van der Waals surface area contributed by atoms with E-state index in [1.54, 1.807) is 12.5 Å². The van der Waals surface area contributed by atoms with Crippen molar-refractivity contribution < 1.29 is 14.6 Å². The van der Waals surface area contributed by atoms with Crippen LogP contribution in [0.15, 0.2) is 12.5 Å². The maximum atomic E-state index is 10.6. The van der Waals surface area contributed by atoms with Crippen molar-refractivity contribution in [3.05, 3.63) is 18.2 Å². The molecule has 1 saturated carbocycles. The molecule has 2 fully saturated rings. The smallest absolute Gasteiger partial charge is 0.356 e. The van der Waals surface area contributed by atoms with Gasteiger partial charge in [0.15, 0.2) is 5.69 Å². The van der Waals surface area contributed by atoms with E-state index in [-0.39, 0.29) is 5.69 Å². The van der Waals surface area contributed by atoms with Crippen molar-refractivity contribution in [2.24, 2.45) is 17.8 Å². The molecular formula is C10H12N2O3. The van der Waals surface area contributed by atoms with Crippen LogP contribution in [0.2, 0.25) is 0 Å². The Morgan fingerprint density at radius 1 is 1.60 bits per heavy atom. The van der Waals surface area contributed by atoms with Crippen molar-refractivity contribution in [3.8, 4) is 0 Å². The lowest BCUT2D eigenvalue weighted by molar-refractivity contribution is 0.0691. The fraction of sp³-hybridized carbons (Fsp3) is 0.600. The summed E-state index contributed by atoms with van der Waals surface area (Å²) >= 11 is 0. The second-order valence-electron chi connectivity index (χ2n) is 4.29. The summed E-state index contributed by atoms with van der Waals surface area (Å²) in [5.41, 5.74) is 0.122. The summed E-state index contributed by atoms with van der Waals surface area (Å²) < 4.78 is 7.17. The first-order valence-electron chi connectivity index (χ1n) is 5.08. The third-order valence-corrected chi connectivity index (χ3v) is 3.40. The Bertz CT molecular complexity index is 391. The number of hydrogen-bond donors (Lipinski definition) is 1. The van der Waals surface area contributed by atoms with Gasteiger partial charge in [0, 0.05) is 12.7 Å². The Labute approximate surface area is 86.7 Å². The normalized spacial score (nSPS) is 32.7. The number of rotatable bonds is 3. The molecule has 3 rings (SSSR count). The molecule has 5 nitrogen and oxygen atoms in total. The van der Waals surface area contributed by atoms with E-state index in [1.165, 1.54) is 0 Å². The minimum atomic E-state index is -0.965. The highest BCUT2D eigenvalue weighted by atomic mass is 16.5. The molecule has 1 aromatic rings. The molecule has 1 aliphatic carbocycles. The fourth-order valence-electron chi connectivity index (χ4n) is 2.44. The molecule has 2 atom stereocenters. The summed E-state index contributed by atoms with van der Waals surface area (Å²) in [6.07, 6.45) is 3.19. The van der Waals surface area contributed by atoms with Gasteiger partial charge in [0.25, 0.3) is 0 Å². The molecule has 2 aliphatic rings. The van der Waals surface area contributed by atoms with Gasteiger partial charge in [-0.1, -0.05) is 0 Å². The lowest BCUT2D eigenvalue weighted by Gasteiger charge is -2.04. The topological polar surface area (TPSA) is 64.3 Å². The van der Waals surface area contributed by atoms with Crippen LogP contribution in [0.1, 0.15) is 10.5 Å². The summed E-state index contributed by atoms with van der Waals surface area (Å²) in [6, 6.07) is 0. The maximum Gasteiger partial charge on any atom is 0.356 e. The monoisotopic (exact) mass is 208 g/mol. The average Bonchev–Trinajstić information content (AvgIpc) is 2.64. The molecule has 1 N–H and O–H groups in total. The van der Waals surface area contributed by atoms with Gasteiger partial charge in [-0.2, -0.15) is 0 Å². The number of hydrogen-bond acceptors (Lipinski definition) is 3. The largest absolute Gasteiger partial charge is 0.476 e. The second kappa shape index (κ2) is 3.06. The summed E-state index contributed by atoms with van der Waals surface area (Å²) in [5, 5.41) is 8.71. The van der Waals surface area contributed by atoms with Crippen LogP contribution in [-0.2, 0) is 11.3 Å². The highest BCUT2D eigenvalue weighted by Gasteiger charge is 2.53. The van der Waals surface area contributed by atoms with Gasteiger partial charge in [-0.05, 0) is 17.8 Å². The number of imidazole rings is 1. The van der Waals surface area contributed by atoms with E-state index in [0.29, 0.717) is 17.8 Å². The molecule has 0 radical (unpaired) electrons. The van der Waals surface area contributed by atoms with Crippen molar-refractivity contribution in [3.63, 3.8) is 0 Å². The van der Waals surface area contributed by atoms with Crippen LogP contribution in [-0.4, -0.2) is 33.8 Å². The third-order valence-electron chi connectivity index (χ3n) is 3.40. The summed E-state index contributed by atoms with van der Waals surface area (Å²) in [5.74, 6) is 1.09. The first-order chi connectivity index (χ1) is 7.25. The van der Waals surface area contributed by atoms with Crippen molar-refractivity contribution in [1.29, 1.82) is 0 Å². The van der Waals surface area contributed by atoms with Gasteiger partial charge < -0.3 is 14.4 Å². The minimum Gasteiger partial charge on any atom is -0.476 e. The number of carboxylic acids is 1. The van der Waals surface area contributed by atoms with E-state index in [2.05, 4.69) is 4.98 Å². The molecule has 0 spiro atoms. The Morgan fingerprint density at radius 2 is 2.33 bits per heavy atom. The summed E-state index contributed by atoms with van der Waals surface area (Å²) in [4.78, 5) is 14.4. The van der Waals surface area contributed by atoms with E-state index in [4.69, 9.17) is 9.84 Å².